The van der Waals surface area contributed by atoms with Crippen molar-refractivity contribution in [1.29, 1.82) is 0 Å². The summed E-state index contributed by atoms with van der Waals surface area (Å²) in [7, 11) is 0. The molecule has 0 aliphatic carbocycles. The van der Waals surface area contributed by atoms with Crippen LogP contribution in [0.4, 0.5) is 0 Å². The Kier molecular flexibility index (Phi) is 16.9. The Bertz CT molecular complexity index is 1960. The number of carbonyl (C=O) groups excluding carboxylic acids is 6. The van der Waals surface area contributed by atoms with E-state index in [1.165, 1.54) is 17.4 Å². The second-order valence-corrected chi connectivity index (χ2v) is 13.2. The SMILES string of the molecule is C=CC(=O)OCC(COCC(COC(=O)C=C)(COC(=O)C=C)COC(=O)COc1ccc2sc3ccccc3c(=O)c2c1)(COC(=O)C=C)COC(=O)C=C. The second-order valence-electron chi connectivity index (χ2n) is 12.1. The predicted molar refractivity (Wildman–Crippen MR) is 204 cm³/mol. The van der Waals surface area contributed by atoms with Gasteiger partial charge in [0, 0.05) is 50.6 Å². The topological polar surface area (TPSA) is 193 Å². The van der Waals surface area contributed by atoms with Crippen LogP contribution in [0.2, 0.25) is 0 Å². The van der Waals surface area contributed by atoms with Crippen molar-refractivity contribution in [2.24, 2.45) is 10.8 Å². The summed E-state index contributed by atoms with van der Waals surface area (Å²) in [6, 6.07) is 12.0. The smallest absolute Gasteiger partial charge is 0.344 e. The van der Waals surface area contributed by atoms with Gasteiger partial charge in [-0.15, -0.1) is 11.3 Å². The maximum Gasteiger partial charge on any atom is 0.344 e. The molecule has 0 fully saturated rings. The molecule has 0 spiro atoms. The molecule has 1 heterocycles. The van der Waals surface area contributed by atoms with E-state index in [0.717, 1.165) is 39.8 Å². The van der Waals surface area contributed by atoms with E-state index in [2.05, 4.69) is 32.9 Å². The van der Waals surface area contributed by atoms with Gasteiger partial charge in [-0.05, 0) is 30.3 Å². The largest absolute Gasteiger partial charge is 0.482 e. The van der Waals surface area contributed by atoms with Crippen LogP contribution in [0.3, 0.4) is 0 Å². The molecule has 0 atom stereocenters. The zero-order chi connectivity index (χ0) is 41.1. The summed E-state index contributed by atoms with van der Waals surface area (Å²) in [4.78, 5) is 86.7. The maximum atomic E-state index is 13.1. The number of rotatable bonds is 24. The first kappa shape index (κ1) is 44.0. The molecule has 2 aromatic carbocycles. The number of hydrogen-bond acceptors (Lipinski definition) is 16. The highest BCUT2D eigenvalue weighted by Gasteiger charge is 2.40. The molecule has 0 unspecified atom stereocenters. The molecule has 0 N–H and O–H groups in total. The molecule has 0 bridgehead atoms. The van der Waals surface area contributed by atoms with Gasteiger partial charge in [-0.3, -0.25) is 4.79 Å². The zero-order valence-corrected chi connectivity index (χ0v) is 31.2. The highest BCUT2D eigenvalue weighted by atomic mass is 32.1. The van der Waals surface area contributed by atoms with E-state index in [0.29, 0.717) is 10.8 Å². The number of benzene rings is 2. The molecule has 0 radical (unpaired) electrons. The van der Waals surface area contributed by atoms with Crippen molar-refractivity contribution in [1.82, 2.24) is 0 Å². The third-order valence-electron chi connectivity index (χ3n) is 7.70. The monoisotopic (exact) mass is 792 g/mol. The molecule has 3 rings (SSSR count). The van der Waals surface area contributed by atoms with Crippen LogP contribution in [0.25, 0.3) is 20.2 Å². The molecule has 0 saturated heterocycles. The summed E-state index contributed by atoms with van der Waals surface area (Å²) in [5.41, 5.74) is -3.37. The molecular weight excluding hydrogens is 752 g/mol. The molecule has 296 valence electrons. The second kappa shape index (κ2) is 21.5. The number of esters is 6. The fourth-order valence-electron chi connectivity index (χ4n) is 4.69. The molecule has 1 aromatic heterocycles. The standard InChI is InChI=1S/C40H40O15S/c1-6-32(41)50-21-39(22-51-33(42)7-2,23-52-34(43)8-3)19-48-20-40(24-53-35(44)9-4,25-54-36(45)10-5)26-55-37(46)18-49-27-15-16-31-29(17-27)38(47)28-13-11-12-14-30(28)56-31/h6-17H,1-5,18-26H2. The highest BCUT2D eigenvalue weighted by Crippen LogP contribution is 2.28. The average Bonchev–Trinajstić information content (AvgIpc) is 3.22. The minimum Gasteiger partial charge on any atom is -0.482 e. The lowest BCUT2D eigenvalue weighted by Gasteiger charge is -2.35. The highest BCUT2D eigenvalue weighted by molar-refractivity contribution is 7.24. The fourth-order valence-corrected chi connectivity index (χ4v) is 5.74. The molecule has 0 aliphatic heterocycles. The van der Waals surface area contributed by atoms with Crippen LogP contribution in [-0.2, 0) is 61.9 Å². The van der Waals surface area contributed by atoms with Gasteiger partial charge in [-0.25, -0.2) is 28.8 Å². The predicted octanol–water partition coefficient (Wildman–Crippen LogP) is 3.97. The van der Waals surface area contributed by atoms with Crippen molar-refractivity contribution in [3.8, 4) is 5.75 Å². The molecule has 15 nitrogen and oxygen atoms in total. The van der Waals surface area contributed by atoms with Gasteiger partial charge in [0.1, 0.15) is 45.4 Å². The van der Waals surface area contributed by atoms with E-state index in [-0.39, 0.29) is 11.2 Å². The minimum atomic E-state index is -1.62. The van der Waals surface area contributed by atoms with Gasteiger partial charge < -0.3 is 37.9 Å². The number of ether oxygens (including phenoxy) is 8. The van der Waals surface area contributed by atoms with Crippen LogP contribution in [0, 0.1) is 10.8 Å². The summed E-state index contributed by atoms with van der Waals surface area (Å²) < 4.78 is 44.9. The quantitative estimate of drug-likeness (QED) is 0.0547. The molecule has 56 heavy (non-hydrogen) atoms. The lowest BCUT2D eigenvalue weighted by Crippen LogP contribution is -2.47. The van der Waals surface area contributed by atoms with Crippen molar-refractivity contribution in [3.05, 3.63) is 116 Å². The van der Waals surface area contributed by atoms with Gasteiger partial charge in [0.2, 0.25) is 0 Å². The third kappa shape index (κ3) is 13.2. The minimum absolute atomic E-state index is 0.198. The Morgan fingerprint density at radius 3 is 1.39 bits per heavy atom. The van der Waals surface area contributed by atoms with Crippen LogP contribution in [0.5, 0.6) is 5.75 Å². The molecule has 16 heteroatoms. The Hall–Kier alpha value is -6.39. The lowest BCUT2D eigenvalue weighted by atomic mass is 9.90. The van der Waals surface area contributed by atoms with Gasteiger partial charge in [0.25, 0.3) is 0 Å². The summed E-state index contributed by atoms with van der Waals surface area (Å²) in [6.07, 6.45) is 4.40. The van der Waals surface area contributed by atoms with Crippen molar-refractivity contribution < 1.29 is 66.7 Å². The van der Waals surface area contributed by atoms with Gasteiger partial charge in [-0.2, -0.15) is 0 Å². The van der Waals surface area contributed by atoms with Crippen molar-refractivity contribution in [3.63, 3.8) is 0 Å². The average molecular weight is 793 g/mol. The molecule has 0 amide bonds. The van der Waals surface area contributed by atoms with Crippen molar-refractivity contribution >= 4 is 67.3 Å². The van der Waals surface area contributed by atoms with E-state index in [9.17, 15) is 33.6 Å². The first-order valence-corrected chi connectivity index (χ1v) is 17.4. The van der Waals surface area contributed by atoms with E-state index in [1.54, 1.807) is 24.3 Å². The normalized spacial score (nSPS) is 11.0. The molecule has 0 aliphatic rings. The lowest BCUT2D eigenvalue weighted by molar-refractivity contribution is -0.171. The Morgan fingerprint density at radius 1 is 0.536 bits per heavy atom. The van der Waals surface area contributed by atoms with Gasteiger partial charge in [0.15, 0.2) is 12.0 Å². The number of fused-ring (bicyclic) bond motifs is 2. The fraction of sp³-hybridized carbons (Fsp3) is 0.275. The van der Waals surface area contributed by atoms with E-state index >= 15 is 0 Å². The van der Waals surface area contributed by atoms with Crippen LogP contribution >= 0.6 is 11.3 Å². The molecular formula is C40H40O15S. The maximum absolute atomic E-state index is 13.1. The van der Waals surface area contributed by atoms with Gasteiger partial charge in [-0.1, -0.05) is 45.0 Å². The van der Waals surface area contributed by atoms with Gasteiger partial charge >= 0.3 is 35.8 Å². The van der Waals surface area contributed by atoms with E-state index in [4.69, 9.17) is 37.9 Å². The number of hydrogen-bond donors (Lipinski definition) is 0. The zero-order valence-electron chi connectivity index (χ0n) is 30.4. The summed E-state index contributed by atoms with van der Waals surface area (Å²) in [5, 5.41) is 0.942. The third-order valence-corrected chi connectivity index (χ3v) is 8.85. The molecule has 0 saturated carbocycles. The van der Waals surface area contributed by atoms with E-state index < -0.39 is 106 Å². The Morgan fingerprint density at radius 2 is 0.946 bits per heavy atom. The Labute approximate surface area is 325 Å². The van der Waals surface area contributed by atoms with Crippen molar-refractivity contribution in [2.45, 2.75) is 0 Å². The first-order valence-electron chi connectivity index (χ1n) is 16.6. The van der Waals surface area contributed by atoms with Crippen LogP contribution in [0.15, 0.2) is 111 Å². The summed E-state index contributed by atoms with van der Waals surface area (Å²) >= 11 is 1.43. The first-order chi connectivity index (χ1) is 26.8. The van der Waals surface area contributed by atoms with Crippen LogP contribution in [-0.4, -0.2) is 95.3 Å². The van der Waals surface area contributed by atoms with Crippen LogP contribution < -0.4 is 10.2 Å². The van der Waals surface area contributed by atoms with Crippen molar-refractivity contribution in [2.75, 3.05) is 59.5 Å². The number of carbonyl (C=O) groups is 6. The van der Waals surface area contributed by atoms with Crippen LogP contribution in [0.1, 0.15) is 0 Å². The Balaban J connectivity index is 1.86. The summed E-state index contributed by atoms with van der Waals surface area (Å²) in [6.45, 7) is 11.9. The summed E-state index contributed by atoms with van der Waals surface area (Å²) in [5.74, 6) is -5.02. The van der Waals surface area contributed by atoms with E-state index in [1.807, 2.05) is 12.1 Å². The van der Waals surface area contributed by atoms with Gasteiger partial charge in [0.05, 0.1) is 24.0 Å². The molecule has 3 aromatic rings.